The summed E-state index contributed by atoms with van der Waals surface area (Å²) in [6.45, 7) is 0.675. The molecule has 134 valence electrons. The highest BCUT2D eigenvalue weighted by molar-refractivity contribution is 7.09. The third kappa shape index (κ3) is 3.60. The molecule has 0 amide bonds. The van der Waals surface area contributed by atoms with E-state index in [2.05, 4.69) is 72.1 Å². The molecule has 0 spiro atoms. The maximum atomic E-state index is 6.08. The Bertz CT molecular complexity index is 1080. The van der Waals surface area contributed by atoms with E-state index in [4.69, 9.17) is 9.72 Å². The average Bonchev–Trinajstić information content (AvgIpc) is 3.46. The minimum absolute atomic E-state index is 0.675. The van der Waals surface area contributed by atoms with E-state index in [-0.39, 0.29) is 0 Å². The quantitative estimate of drug-likeness (QED) is 0.388. The maximum absolute atomic E-state index is 6.08. The molecular weight excluding hydrogens is 350 g/mol. The van der Waals surface area contributed by atoms with Gasteiger partial charge in [0.15, 0.2) is 0 Å². The van der Waals surface area contributed by atoms with E-state index in [0.717, 1.165) is 22.9 Å². The standard InChI is InChI=1S/C24H21NOS/c1-2-6-19-15-20(12-9-17(19)5-1)22-16-27-24(25-22)13-14-26-23-8-4-3-7-21(23)18-10-11-18/h1-9,12,15-16,18H,10-11,13-14H2. The highest BCUT2D eigenvalue weighted by Crippen LogP contribution is 2.44. The van der Waals surface area contributed by atoms with Crippen LogP contribution >= 0.6 is 11.3 Å². The van der Waals surface area contributed by atoms with Crippen LogP contribution in [-0.4, -0.2) is 11.6 Å². The first kappa shape index (κ1) is 16.5. The monoisotopic (exact) mass is 371 g/mol. The van der Waals surface area contributed by atoms with Crippen LogP contribution in [0.15, 0.2) is 72.1 Å². The van der Waals surface area contributed by atoms with Gasteiger partial charge in [-0.3, -0.25) is 0 Å². The van der Waals surface area contributed by atoms with Crippen molar-refractivity contribution in [3.8, 4) is 17.0 Å². The fourth-order valence-corrected chi connectivity index (χ4v) is 4.29. The van der Waals surface area contributed by atoms with Crippen molar-refractivity contribution in [3.05, 3.63) is 82.7 Å². The third-order valence-corrected chi connectivity index (χ3v) is 6.02. The number of hydrogen-bond donors (Lipinski definition) is 0. The molecule has 0 bridgehead atoms. The van der Waals surface area contributed by atoms with E-state index < -0.39 is 0 Å². The zero-order chi connectivity index (χ0) is 18.1. The van der Waals surface area contributed by atoms with Crippen LogP contribution in [-0.2, 0) is 6.42 Å². The van der Waals surface area contributed by atoms with Crippen molar-refractivity contribution < 1.29 is 4.74 Å². The van der Waals surface area contributed by atoms with Crippen LogP contribution < -0.4 is 4.74 Å². The Balaban J connectivity index is 1.27. The predicted molar refractivity (Wildman–Crippen MR) is 113 cm³/mol. The van der Waals surface area contributed by atoms with Crippen LogP contribution in [0.3, 0.4) is 0 Å². The predicted octanol–water partition coefficient (Wildman–Crippen LogP) is 6.46. The van der Waals surface area contributed by atoms with Crippen LogP contribution in [0.25, 0.3) is 22.0 Å². The zero-order valence-corrected chi connectivity index (χ0v) is 15.9. The van der Waals surface area contributed by atoms with Crippen molar-refractivity contribution in [2.24, 2.45) is 0 Å². The van der Waals surface area contributed by atoms with Gasteiger partial charge in [-0.15, -0.1) is 11.3 Å². The summed E-state index contributed by atoms with van der Waals surface area (Å²) in [5.41, 5.74) is 3.60. The zero-order valence-electron chi connectivity index (χ0n) is 15.1. The minimum atomic E-state index is 0.675. The molecule has 0 aliphatic heterocycles. The second kappa shape index (κ2) is 7.16. The van der Waals surface area contributed by atoms with Gasteiger partial charge in [0.25, 0.3) is 0 Å². The molecular formula is C24H21NOS. The number of ether oxygens (including phenoxy) is 1. The van der Waals surface area contributed by atoms with Crippen molar-refractivity contribution in [2.45, 2.75) is 25.2 Å². The lowest BCUT2D eigenvalue weighted by Gasteiger charge is -2.10. The molecule has 1 aliphatic carbocycles. The number of hydrogen-bond acceptors (Lipinski definition) is 3. The number of fused-ring (bicyclic) bond motifs is 1. The summed E-state index contributed by atoms with van der Waals surface area (Å²) >= 11 is 1.72. The lowest BCUT2D eigenvalue weighted by Crippen LogP contribution is -2.03. The highest BCUT2D eigenvalue weighted by Gasteiger charge is 2.26. The van der Waals surface area contributed by atoms with Crippen molar-refractivity contribution in [1.82, 2.24) is 4.98 Å². The van der Waals surface area contributed by atoms with Gasteiger partial charge in [0.1, 0.15) is 5.75 Å². The lowest BCUT2D eigenvalue weighted by atomic mass is 10.1. The average molecular weight is 372 g/mol. The number of nitrogens with zero attached hydrogens (tertiary/aromatic N) is 1. The lowest BCUT2D eigenvalue weighted by molar-refractivity contribution is 0.318. The number of para-hydroxylation sites is 1. The maximum Gasteiger partial charge on any atom is 0.122 e. The summed E-state index contributed by atoms with van der Waals surface area (Å²) in [6.07, 6.45) is 3.43. The first-order valence-electron chi connectivity index (χ1n) is 9.52. The molecule has 0 unspecified atom stereocenters. The van der Waals surface area contributed by atoms with Gasteiger partial charge in [0, 0.05) is 17.4 Å². The smallest absolute Gasteiger partial charge is 0.122 e. The Hall–Kier alpha value is -2.65. The van der Waals surface area contributed by atoms with E-state index in [1.54, 1.807) is 11.3 Å². The third-order valence-electron chi connectivity index (χ3n) is 5.11. The van der Waals surface area contributed by atoms with E-state index in [1.165, 1.54) is 34.7 Å². The normalized spacial score (nSPS) is 13.8. The van der Waals surface area contributed by atoms with Gasteiger partial charge in [-0.05, 0) is 47.2 Å². The van der Waals surface area contributed by atoms with Gasteiger partial charge < -0.3 is 4.74 Å². The minimum Gasteiger partial charge on any atom is -0.493 e. The summed E-state index contributed by atoms with van der Waals surface area (Å²) in [7, 11) is 0. The van der Waals surface area contributed by atoms with Crippen LogP contribution in [0.5, 0.6) is 5.75 Å². The molecule has 0 radical (unpaired) electrons. The van der Waals surface area contributed by atoms with Crippen LogP contribution in [0.1, 0.15) is 29.3 Å². The van der Waals surface area contributed by atoms with E-state index >= 15 is 0 Å². The molecule has 1 fully saturated rings. The van der Waals surface area contributed by atoms with Crippen LogP contribution in [0, 0.1) is 0 Å². The summed E-state index contributed by atoms with van der Waals surface area (Å²) in [6, 6.07) is 23.4. The molecule has 0 N–H and O–H groups in total. The van der Waals surface area contributed by atoms with Gasteiger partial charge >= 0.3 is 0 Å². The molecule has 3 heteroatoms. The van der Waals surface area contributed by atoms with Gasteiger partial charge in [-0.1, -0.05) is 54.6 Å². The van der Waals surface area contributed by atoms with E-state index in [9.17, 15) is 0 Å². The number of aromatic nitrogens is 1. The highest BCUT2D eigenvalue weighted by atomic mass is 32.1. The molecule has 4 aromatic rings. The number of rotatable bonds is 6. The molecule has 3 aromatic carbocycles. The van der Waals surface area contributed by atoms with Gasteiger partial charge in [-0.2, -0.15) is 0 Å². The molecule has 0 atom stereocenters. The second-order valence-electron chi connectivity index (χ2n) is 7.10. The number of thiazole rings is 1. The van der Waals surface area contributed by atoms with Gasteiger partial charge in [0.2, 0.25) is 0 Å². The van der Waals surface area contributed by atoms with E-state index in [0.29, 0.717) is 12.5 Å². The Morgan fingerprint density at radius 3 is 2.63 bits per heavy atom. The summed E-state index contributed by atoms with van der Waals surface area (Å²) < 4.78 is 6.08. The van der Waals surface area contributed by atoms with Gasteiger partial charge in [0.05, 0.1) is 17.3 Å². The summed E-state index contributed by atoms with van der Waals surface area (Å²) in [5.74, 6) is 1.76. The topological polar surface area (TPSA) is 22.1 Å². The fraction of sp³-hybridized carbons (Fsp3) is 0.208. The fourth-order valence-electron chi connectivity index (χ4n) is 3.50. The van der Waals surface area contributed by atoms with E-state index in [1.807, 2.05) is 0 Å². The Labute approximate surface area is 163 Å². The summed E-state index contributed by atoms with van der Waals surface area (Å²) in [5, 5.41) is 5.79. The summed E-state index contributed by atoms with van der Waals surface area (Å²) in [4.78, 5) is 4.83. The molecule has 0 saturated heterocycles. The molecule has 1 heterocycles. The van der Waals surface area contributed by atoms with Crippen molar-refractivity contribution in [3.63, 3.8) is 0 Å². The Morgan fingerprint density at radius 1 is 0.926 bits per heavy atom. The Morgan fingerprint density at radius 2 is 1.74 bits per heavy atom. The molecule has 1 aliphatic rings. The SMILES string of the molecule is c1ccc(C2CC2)c(OCCc2nc(-c3ccc4ccccc4c3)cs2)c1. The molecule has 5 rings (SSSR count). The van der Waals surface area contributed by atoms with Crippen molar-refractivity contribution >= 4 is 22.1 Å². The molecule has 1 saturated carbocycles. The van der Waals surface area contributed by atoms with Crippen molar-refractivity contribution in [2.75, 3.05) is 6.61 Å². The molecule has 2 nitrogen and oxygen atoms in total. The second-order valence-corrected chi connectivity index (χ2v) is 8.04. The molecule has 27 heavy (non-hydrogen) atoms. The Kier molecular flexibility index (Phi) is 4.38. The van der Waals surface area contributed by atoms with Crippen LogP contribution in [0.4, 0.5) is 0 Å². The largest absolute Gasteiger partial charge is 0.493 e. The number of benzene rings is 3. The van der Waals surface area contributed by atoms with Gasteiger partial charge in [-0.25, -0.2) is 4.98 Å². The van der Waals surface area contributed by atoms with Crippen LogP contribution in [0.2, 0.25) is 0 Å². The first-order chi connectivity index (χ1) is 13.4. The van der Waals surface area contributed by atoms with Crippen molar-refractivity contribution in [1.29, 1.82) is 0 Å². The molecule has 1 aromatic heterocycles. The first-order valence-corrected chi connectivity index (χ1v) is 10.4.